The summed E-state index contributed by atoms with van der Waals surface area (Å²) in [6.07, 6.45) is 3.48. The Morgan fingerprint density at radius 1 is 1.10 bits per heavy atom. The predicted octanol–water partition coefficient (Wildman–Crippen LogP) is 4.55. The first-order valence-electron chi connectivity index (χ1n) is 9.02. The van der Waals surface area contributed by atoms with Gasteiger partial charge in [0.15, 0.2) is 15.8 Å². The molecule has 2 N–H and O–H groups in total. The second kappa shape index (κ2) is 7.69. The molecule has 2 aromatic carbocycles. The molecule has 0 saturated heterocycles. The third-order valence-corrected chi connectivity index (χ3v) is 6.35. The van der Waals surface area contributed by atoms with E-state index in [0.717, 1.165) is 14.9 Å². The maximum absolute atomic E-state index is 12.6. The van der Waals surface area contributed by atoms with E-state index in [-0.39, 0.29) is 11.8 Å². The molecular weight excluding hydrogens is 420 g/mol. The van der Waals surface area contributed by atoms with Crippen LogP contribution in [-0.4, -0.2) is 21.8 Å². The summed E-state index contributed by atoms with van der Waals surface area (Å²) < 4.78 is 5.85. The maximum Gasteiger partial charge on any atom is 0.259 e. The molecule has 9 heteroatoms. The van der Waals surface area contributed by atoms with Gasteiger partial charge in [-0.15, -0.1) is 22.7 Å². The standard InChI is InChI=1S/C21H14N4O3S2/c26-18(23-10-13-11-24-21(30-13)20-22-7-8-29-20)12-5-6-17-15(9-12)25-19(27)14-3-1-2-4-16(14)28-17/h1-9,11H,10H2,(H,23,26)(H,25,27). The Labute approximate surface area is 179 Å². The Morgan fingerprint density at radius 2 is 2.00 bits per heavy atom. The number of hydrogen-bond donors (Lipinski definition) is 2. The van der Waals surface area contributed by atoms with Crippen LogP contribution in [0.5, 0.6) is 11.5 Å². The molecule has 0 bridgehead atoms. The molecule has 148 valence electrons. The molecule has 2 aromatic heterocycles. The summed E-state index contributed by atoms with van der Waals surface area (Å²) in [5, 5.41) is 9.29. The molecule has 1 aliphatic heterocycles. The van der Waals surface area contributed by atoms with Gasteiger partial charge in [0.25, 0.3) is 11.8 Å². The molecule has 7 nitrogen and oxygen atoms in total. The number of carbonyl (C=O) groups is 2. The normalized spacial score (nSPS) is 12.2. The van der Waals surface area contributed by atoms with Gasteiger partial charge in [-0.3, -0.25) is 9.59 Å². The van der Waals surface area contributed by atoms with E-state index in [1.54, 1.807) is 54.9 Å². The lowest BCUT2D eigenvalue weighted by Crippen LogP contribution is -2.22. The van der Waals surface area contributed by atoms with Gasteiger partial charge in [-0.1, -0.05) is 12.1 Å². The minimum absolute atomic E-state index is 0.252. The Bertz CT molecular complexity index is 1250. The van der Waals surface area contributed by atoms with E-state index >= 15 is 0 Å². The summed E-state index contributed by atoms with van der Waals surface area (Å²) in [6, 6.07) is 12.0. The van der Waals surface area contributed by atoms with Crippen LogP contribution in [0.2, 0.25) is 0 Å². The van der Waals surface area contributed by atoms with Crippen molar-refractivity contribution in [3.8, 4) is 21.5 Å². The molecule has 5 rings (SSSR count). The molecule has 1 aliphatic rings. The van der Waals surface area contributed by atoms with Gasteiger partial charge in [-0.2, -0.15) is 0 Å². The number of nitrogens with zero attached hydrogens (tertiary/aromatic N) is 2. The average molecular weight is 435 g/mol. The zero-order valence-electron chi connectivity index (χ0n) is 15.4. The monoisotopic (exact) mass is 434 g/mol. The van der Waals surface area contributed by atoms with Crippen LogP contribution in [0.3, 0.4) is 0 Å². The predicted molar refractivity (Wildman–Crippen MR) is 115 cm³/mol. The van der Waals surface area contributed by atoms with Crippen molar-refractivity contribution in [1.82, 2.24) is 15.3 Å². The molecule has 0 aliphatic carbocycles. The van der Waals surface area contributed by atoms with Gasteiger partial charge in [0.2, 0.25) is 0 Å². The van der Waals surface area contributed by atoms with E-state index in [1.807, 2.05) is 5.38 Å². The topological polar surface area (TPSA) is 93.2 Å². The first kappa shape index (κ1) is 18.5. The average Bonchev–Trinajstić information content (AvgIpc) is 3.43. The van der Waals surface area contributed by atoms with E-state index in [1.165, 1.54) is 22.7 Å². The van der Waals surface area contributed by atoms with Crippen molar-refractivity contribution in [3.63, 3.8) is 0 Å². The maximum atomic E-state index is 12.6. The van der Waals surface area contributed by atoms with Crippen LogP contribution in [0.25, 0.3) is 10.0 Å². The van der Waals surface area contributed by atoms with Crippen LogP contribution in [-0.2, 0) is 6.54 Å². The number of rotatable bonds is 4. The molecular formula is C21H14N4O3S2. The zero-order chi connectivity index (χ0) is 20.5. The molecule has 0 unspecified atom stereocenters. The van der Waals surface area contributed by atoms with Crippen molar-refractivity contribution in [2.75, 3.05) is 5.32 Å². The van der Waals surface area contributed by atoms with E-state index in [9.17, 15) is 9.59 Å². The van der Waals surface area contributed by atoms with E-state index in [2.05, 4.69) is 20.6 Å². The highest BCUT2D eigenvalue weighted by atomic mass is 32.1. The van der Waals surface area contributed by atoms with Crippen LogP contribution in [0.1, 0.15) is 25.6 Å². The number of benzene rings is 2. The van der Waals surface area contributed by atoms with E-state index < -0.39 is 0 Å². The number of ether oxygens (including phenoxy) is 1. The van der Waals surface area contributed by atoms with Crippen molar-refractivity contribution in [2.24, 2.45) is 0 Å². The van der Waals surface area contributed by atoms with Crippen molar-refractivity contribution in [3.05, 3.63) is 76.2 Å². The number of hydrogen-bond acceptors (Lipinski definition) is 7. The third kappa shape index (κ3) is 3.56. The number of anilines is 1. The molecule has 4 aromatic rings. The zero-order valence-corrected chi connectivity index (χ0v) is 17.0. The molecule has 0 spiro atoms. The highest BCUT2D eigenvalue weighted by Gasteiger charge is 2.21. The largest absolute Gasteiger partial charge is 0.454 e. The van der Waals surface area contributed by atoms with Crippen molar-refractivity contribution >= 4 is 40.2 Å². The Kier molecular flexibility index (Phi) is 4.74. The molecule has 0 atom stereocenters. The van der Waals surface area contributed by atoms with Gasteiger partial charge < -0.3 is 15.4 Å². The molecule has 0 saturated carbocycles. The number of para-hydroxylation sites is 1. The molecule has 3 heterocycles. The summed E-state index contributed by atoms with van der Waals surface area (Å²) in [5.41, 5.74) is 1.32. The van der Waals surface area contributed by atoms with E-state index in [4.69, 9.17) is 4.74 Å². The van der Waals surface area contributed by atoms with Gasteiger partial charge in [0, 0.05) is 28.2 Å². The fraction of sp³-hybridized carbons (Fsp3) is 0.0476. The smallest absolute Gasteiger partial charge is 0.259 e. The number of nitrogens with one attached hydrogen (secondary N) is 2. The number of aromatic nitrogens is 2. The lowest BCUT2D eigenvalue weighted by atomic mass is 10.1. The number of carbonyl (C=O) groups excluding carboxylic acids is 2. The summed E-state index contributed by atoms with van der Waals surface area (Å²) in [4.78, 5) is 34.6. The van der Waals surface area contributed by atoms with Crippen molar-refractivity contribution < 1.29 is 14.3 Å². The first-order chi connectivity index (χ1) is 14.7. The molecule has 2 amide bonds. The lowest BCUT2D eigenvalue weighted by molar-refractivity contribution is 0.0950. The summed E-state index contributed by atoms with van der Waals surface area (Å²) in [7, 11) is 0. The molecule has 0 radical (unpaired) electrons. The van der Waals surface area contributed by atoms with Crippen LogP contribution in [0.4, 0.5) is 5.69 Å². The van der Waals surface area contributed by atoms with Gasteiger partial charge >= 0.3 is 0 Å². The SMILES string of the molecule is O=C(NCc1cnc(-c2nccs2)s1)c1ccc2c(c1)NC(=O)c1ccccc1O2. The number of amides is 2. The summed E-state index contributed by atoms with van der Waals surface area (Å²) in [6.45, 7) is 0.354. The quantitative estimate of drug-likeness (QED) is 0.491. The van der Waals surface area contributed by atoms with Gasteiger partial charge in [-0.25, -0.2) is 9.97 Å². The van der Waals surface area contributed by atoms with Gasteiger partial charge in [-0.05, 0) is 30.3 Å². The lowest BCUT2D eigenvalue weighted by Gasteiger charge is -2.10. The first-order valence-corrected chi connectivity index (χ1v) is 10.7. The Balaban J connectivity index is 1.30. The number of fused-ring (bicyclic) bond motifs is 2. The summed E-state index contributed by atoms with van der Waals surface area (Å²) >= 11 is 3.02. The third-order valence-electron chi connectivity index (χ3n) is 4.43. The van der Waals surface area contributed by atoms with Crippen LogP contribution >= 0.6 is 22.7 Å². The minimum atomic E-state index is -0.277. The Hall–Kier alpha value is -3.56. The van der Waals surface area contributed by atoms with Crippen molar-refractivity contribution in [1.29, 1.82) is 0 Å². The van der Waals surface area contributed by atoms with Gasteiger partial charge in [0.05, 0.1) is 17.8 Å². The fourth-order valence-electron chi connectivity index (χ4n) is 3.00. The minimum Gasteiger partial charge on any atom is -0.454 e. The Morgan fingerprint density at radius 3 is 2.87 bits per heavy atom. The van der Waals surface area contributed by atoms with Crippen LogP contribution in [0, 0.1) is 0 Å². The van der Waals surface area contributed by atoms with Crippen LogP contribution in [0.15, 0.2) is 60.2 Å². The van der Waals surface area contributed by atoms with Crippen LogP contribution < -0.4 is 15.4 Å². The van der Waals surface area contributed by atoms with Gasteiger partial charge in [0.1, 0.15) is 5.75 Å². The fourth-order valence-corrected chi connectivity index (χ4v) is 4.53. The molecule has 30 heavy (non-hydrogen) atoms. The summed E-state index contributed by atoms with van der Waals surface area (Å²) in [5.74, 6) is 0.437. The van der Waals surface area contributed by atoms with Crippen molar-refractivity contribution in [2.45, 2.75) is 6.54 Å². The van der Waals surface area contributed by atoms with E-state index in [0.29, 0.717) is 34.9 Å². The second-order valence-electron chi connectivity index (χ2n) is 6.41. The highest BCUT2D eigenvalue weighted by Crippen LogP contribution is 2.36. The second-order valence-corrected chi connectivity index (χ2v) is 8.42. The highest BCUT2D eigenvalue weighted by molar-refractivity contribution is 7.20. The molecule has 0 fully saturated rings. The number of thiazole rings is 2.